The second kappa shape index (κ2) is 7.96. The number of aromatic nitrogens is 2. The van der Waals surface area contributed by atoms with Crippen LogP contribution in [0.2, 0.25) is 0 Å². The van der Waals surface area contributed by atoms with E-state index in [0.717, 1.165) is 12.8 Å². The van der Waals surface area contributed by atoms with Gasteiger partial charge in [-0.2, -0.15) is 5.10 Å². The lowest BCUT2D eigenvalue weighted by molar-refractivity contribution is -0.121. The number of imide groups is 1. The van der Waals surface area contributed by atoms with Gasteiger partial charge in [-0.25, -0.2) is 0 Å². The van der Waals surface area contributed by atoms with Gasteiger partial charge < -0.3 is 5.32 Å². The molecule has 4 rings (SSSR count). The lowest BCUT2D eigenvalue weighted by atomic mass is 9.98. The van der Waals surface area contributed by atoms with Crippen LogP contribution in [0.15, 0.2) is 30.5 Å². The minimum Gasteiger partial charge on any atom is -0.354 e. The predicted octanol–water partition coefficient (Wildman–Crippen LogP) is 1.95. The zero-order valence-corrected chi connectivity index (χ0v) is 15.8. The summed E-state index contributed by atoms with van der Waals surface area (Å²) in [5.74, 6) is -0.619. The molecule has 1 aliphatic heterocycles. The van der Waals surface area contributed by atoms with E-state index in [9.17, 15) is 14.4 Å². The molecule has 7 nitrogen and oxygen atoms in total. The number of carbonyl (C=O) groups is 3. The third kappa shape index (κ3) is 3.56. The van der Waals surface area contributed by atoms with Crippen molar-refractivity contribution in [3.63, 3.8) is 0 Å². The van der Waals surface area contributed by atoms with Crippen molar-refractivity contribution in [1.82, 2.24) is 20.0 Å². The average molecular weight is 380 g/mol. The summed E-state index contributed by atoms with van der Waals surface area (Å²) in [7, 11) is 0. The van der Waals surface area contributed by atoms with Crippen LogP contribution >= 0.6 is 0 Å². The van der Waals surface area contributed by atoms with Crippen LogP contribution in [0.25, 0.3) is 0 Å². The molecule has 0 unspecified atom stereocenters. The molecular weight excluding hydrogens is 356 g/mol. The van der Waals surface area contributed by atoms with Crippen molar-refractivity contribution < 1.29 is 14.4 Å². The first kappa shape index (κ1) is 18.4. The molecule has 1 aliphatic carbocycles. The number of aryl methyl sites for hydroxylation is 1. The highest BCUT2D eigenvalue weighted by Gasteiger charge is 2.34. The fourth-order valence-electron chi connectivity index (χ4n) is 3.98. The first-order valence-corrected chi connectivity index (χ1v) is 9.90. The molecule has 0 atom stereocenters. The second-order valence-corrected chi connectivity index (χ2v) is 7.31. The van der Waals surface area contributed by atoms with Gasteiger partial charge in [-0.1, -0.05) is 12.1 Å². The summed E-state index contributed by atoms with van der Waals surface area (Å²) in [6.45, 7) is 1.45. The Morgan fingerprint density at radius 2 is 1.75 bits per heavy atom. The number of hydrogen-bond acceptors (Lipinski definition) is 4. The van der Waals surface area contributed by atoms with Crippen molar-refractivity contribution in [1.29, 1.82) is 0 Å². The SMILES string of the molecule is O=C(CCCN1C(=O)c2ccccc2C1=O)NCCn1ncc2c1CCCC2. The van der Waals surface area contributed by atoms with Crippen molar-refractivity contribution in [3.8, 4) is 0 Å². The Hall–Kier alpha value is -2.96. The molecule has 2 aliphatic rings. The summed E-state index contributed by atoms with van der Waals surface area (Å²) >= 11 is 0. The van der Waals surface area contributed by atoms with Gasteiger partial charge in [0.2, 0.25) is 5.91 Å². The maximum Gasteiger partial charge on any atom is 0.261 e. The molecule has 3 amide bonds. The van der Waals surface area contributed by atoms with Crippen molar-refractivity contribution in [2.75, 3.05) is 13.1 Å². The Morgan fingerprint density at radius 1 is 1.04 bits per heavy atom. The molecule has 0 bridgehead atoms. The molecule has 0 saturated carbocycles. The highest BCUT2D eigenvalue weighted by Crippen LogP contribution is 2.23. The molecule has 7 heteroatoms. The summed E-state index contributed by atoms with van der Waals surface area (Å²) in [5, 5.41) is 7.33. The van der Waals surface area contributed by atoms with Crippen molar-refractivity contribution in [2.45, 2.75) is 45.1 Å². The van der Waals surface area contributed by atoms with Crippen LogP contribution < -0.4 is 5.32 Å². The average Bonchev–Trinajstić information content (AvgIpc) is 3.23. The molecular formula is C21H24N4O3. The van der Waals surface area contributed by atoms with E-state index in [0.29, 0.717) is 30.6 Å². The molecule has 0 fully saturated rings. The van der Waals surface area contributed by atoms with E-state index < -0.39 is 0 Å². The molecule has 1 N–H and O–H groups in total. The quantitative estimate of drug-likeness (QED) is 0.744. The first-order valence-electron chi connectivity index (χ1n) is 9.90. The predicted molar refractivity (Wildman–Crippen MR) is 103 cm³/mol. The van der Waals surface area contributed by atoms with Gasteiger partial charge in [-0.15, -0.1) is 0 Å². The van der Waals surface area contributed by atoms with Crippen LogP contribution in [-0.2, 0) is 24.2 Å². The van der Waals surface area contributed by atoms with Crippen LogP contribution in [0, 0.1) is 0 Å². The highest BCUT2D eigenvalue weighted by molar-refractivity contribution is 6.21. The Kier molecular flexibility index (Phi) is 5.23. The van der Waals surface area contributed by atoms with Crippen molar-refractivity contribution in [3.05, 3.63) is 52.8 Å². The van der Waals surface area contributed by atoms with E-state index in [1.54, 1.807) is 24.3 Å². The van der Waals surface area contributed by atoms with Gasteiger partial charge >= 0.3 is 0 Å². The zero-order chi connectivity index (χ0) is 19.5. The number of carbonyl (C=O) groups excluding carboxylic acids is 3. The summed E-state index contributed by atoms with van der Waals surface area (Å²) in [4.78, 5) is 37.9. The Balaban J connectivity index is 1.20. The van der Waals surface area contributed by atoms with Crippen LogP contribution in [0.4, 0.5) is 0 Å². The fraction of sp³-hybridized carbons (Fsp3) is 0.429. The fourth-order valence-corrected chi connectivity index (χ4v) is 3.98. The monoisotopic (exact) mass is 380 g/mol. The molecule has 0 spiro atoms. The number of nitrogens with zero attached hydrogens (tertiary/aromatic N) is 3. The maximum atomic E-state index is 12.3. The van der Waals surface area contributed by atoms with Crippen LogP contribution in [-0.4, -0.2) is 45.5 Å². The highest BCUT2D eigenvalue weighted by atomic mass is 16.2. The van der Waals surface area contributed by atoms with Gasteiger partial charge in [0.25, 0.3) is 11.8 Å². The minimum absolute atomic E-state index is 0.0716. The molecule has 28 heavy (non-hydrogen) atoms. The van der Waals surface area contributed by atoms with E-state index in [1.165, 1.54) is 29.0 Å². The summed E-state index contributed by atoms with van der Waals surface area (Å²) in [5.41, 5.74) is 3.52. The minimum atomic E-state index is -0.274. The van der Waals surface area contributed by atoms with Gasteiger partial charge in [-0.05, 0) is 49.8 Å². The molecule has 1 aromatic heterocycles. The van der Waals surface area contributed by atoms with E-state index in [4.69, 9.17) is 0 Å². The number of benzene rings is 1. The number of rotatable bonds is 7. The number of nitrogens with one attached hydrogen (secondary N) is 1. The molecule has 2 heterocycles. The normalized spacial score (nSPS) is 15.5. The Morgan fingerprint density at radius 3 is 2.50 bits per heavy atom. The molecule has 0 saturated heterocycles. The second-order valence-electron chi connectivity index (χ2n) is 7.31. The van der Waals surface area contributed by atoms with Gasteiger partial charge in [0.15, 0.2) is 0 Å². The van der Waals surface area contributed by atoms with Crippen molar-refractivity contribution >= 4 is 17.7 Å². The third-order valence-electron chi connectivity index (χ3n) is 5.45. The van der Waals surface area contributed by atoms with Gasteiger partial charge in [-0.3, -0.25) is 24.0 Å². The van der Waals surface area contributed by atoms with Gasteiger partial charge in [0, 0.05) is 25.2 Å². The lowest BCUT2D eigenvalue weighted by Crippen LogP contribution is -2.32. The smallest absolute Gasteiger partial charge is 0.261 e. The molecule has 146 valence electrons. The Labute approximate surface area is 163 Å². The molecule has 2 aromatic rings. The number of amides is 3. The van der Waals surface area contributed by atoms with E-state index >= 15 is 0 Å². The van der Waals surface area contributed by atoms with Crippen LogP contribution in [0.3, 0.4) is 0 Å². The van der Waals surface area contributed by atoms with E-state index in [-0.39, 0.29) is 30.7 Å². The van der Waals surface area contributed by atoms with Gasteiger partial charge in [0.1, 0.15) is 0 Å². The maximum absolute atomic E-state index is 12.3. The zero-order valence-electron chi connectivity index (χ0n) is 15.8. The topological polar surface area (TPSA) is 84.3 Å². The molecule has 1 aromatic carbocycles. The number of hydrogen-bond donors (Lipinski definition) is 1. The number of fused-ring (bicyclic) bond motifs is 2. The summed E-state index contributed by atoms with van der Waals surface area (Å²) < 4.78 is 1.99. The third-order valence-corrected chi connectivity index (χ3v) is 5.45. The van der Waals surface area contributed by atoms with Crippen LogP contribution in [0.1, 0.15) is 57.7 Å². The lowest BCUT2D eigenvalue weighted by Gasteiger charge is -2.15. The van der Waals surface area contributed by atoms with E-state index in [2.05, 4.69) is 10.4 Å². The summed E-state index contributed by atoms with van der Waals surface area (Å²) in [6, 6.07) is 6.82. The van der Waals surface area contributed by atoms with Crippen molar-refractivity contribution in [2.24, 2.45) is 0 Å². The van der Waals surface area contributed by atoms with E-state index in [1.807, 2.05) is 10.9 Å². The molecule has 0 radical (unpaired) electrons. The first-order chi connectivity index (χ1) is 13.6. The largest absolute Gasteiger partial charge is 0.354 e. The van der Waals surface area contributed by atoms with Gasteiger partial charge in [0.05, 0.1) is 23.9 Å². The van der Waals surface area contributed by atoms with Crippen LogP contribution in [0.5, 0.6) is 0 Å². The standard InChI is InChI=1S/C21H24N4O3/c26-19(22-11-13-25-18-9-4-1-6-15(18)14-23-25)10-5-12-24-20(27)16-7-2-3-8-17(16)21(24)28/h2-3,7-8,14H,1,4-6,9-13H2,(H,22,26). The summed E-state index contributed by atoms with van der Waals surface area (Å²) in [6.07, 6.45) is 7.26. The Bertz CT molecular complexity index is 883.